The Bertz CT molecular complexity index is 751. The molecule has 0 aromatic carbocycles. The number of aryl methyl sites for hydroxylation is 2. The molecule has 0 aliphatic heterocycles. The minimum Gasteiger partial charge on any atom is -0.314 e. The van der Waals surface area contributed by atoms with Crippen molar-refractivity contribution in [1.29, 1.82) is 0 Å². The van der Waals surface area contributed by atoms with Crippen molar-refractivity contribution in [1.82, 2.24) is 4.40 Å². The van der Waals surface area contributed by atoms with Crippen molar-refractivity contribution in [2.45, 2.75) is 20.3 Å². The molecule has 0 unspecified atom stereocenters. The summed E-state index contributed by atoms with van der Waals surface area (Å²) < 4.78 is 1.96. The molecule has 96 valence electrons. The second kappa shape index (κ2) is 4.67. The van der Waals surface area contributed by atoms with Crippen LogP contribution in [0.3, 0.4) is 0 Å². The van der Waals surface area contributed by atoms with E-state index in [1.807, 2.05) is 16.7 Å². The second-order valence-electron chi connectivity index (χ2n) is 4.68. The van der Waals surface area contributed by atoms with Crippen LogP contribution < -0.4 is 0 Å². The fraction of sp³-hybridized carbons (Fsp3) is 0.188. The van der Waals surface area contributed by atoms with Gasteiger partial charge in [-0.3, -0.25) is 4.79 Å². The Morgan fingerprint density at radius 2 is 2.11 bits per heavy atom. The van der Waals surface area contributed by atoms with Gasteiger partial charge in [0, 0.05) is 27.0 Å². The number of carbonyl (C=O) groups excluding carboxylic acids is 1. The maximum Gasteiger partial charge on any atom is 0.167 e. The molecule has 0 aliphatic carbocycles. The normalized spacial score (nSPS) is 11.1. The Kier molecular flexibility index (Phi) is 2.99. The summed E-state index contributed by atoms with van der Waals surface area (Å²) >= 11 is 1.76. The van der Waals surface area contributed by atoms with Crippen LogP contribution >= 0.6 is 11.3 Å². The van der Waals surface area contributed by atoms with Crippen LogP contribution in [0.25, 0.3) is 16.0 Å². The minimum absolute atomic E-state index is 0.736. The van der Waals surface area contributed by atoms with Crippen molar-refractivity contribution in [3.05, 3.63) is 52.7 Å². The summed E-state index contributed by atoms with van der Waals surface area (Å²) in [5, 5.41) is 0. The van der Waals surface area contributed by atoms with Gasteiger partial charge in [-0.2, -0.15) is 0 Å². The predicted molar refractivity (Wildman–Crippen MR) is 80.2 cm³/mol. The lowest BCUT2D eigenvalue weighted by Gasteiger charge is -1.99. The molecule has 2 nitrogen and oxygen atoms in total. The van der Waals surface area contributed by atoms with Crippen LogP contribution in [0.4, 0.5) is 0 Å². The highest BCUT2D eigenvalue weighted by Gasteiger charge is 2.13. The third kappa shape index (κ3) is 2.00. The first kappa shape index (κ1) is 12.2. The van der Waals surface area contributed by atoms with Gasteiger partial charge in [-0.15, -0.1) is 11.3 Å². The van der Waals surface area contributed by atoms with E-state index >= 15 is 0 Å². The Hall–Kier alpha value is -1.87. The van der Waals surface area contributed by atoms with Gasteiger partial charge >= 0.3 is 0 Å². The molecule has 0 N–H and O–H groups in total. The number of fused-ring (bicyclic) bond motifs is 1. The Morgan fingerprint density at radius 1 is 1.26 bits per heavy atom. The van der Waals surface area contributed by atoms with Gasteiger partial charge < -0.3 is 4.40 Å². The summed E-state index contributed by atoms with van der Waals surface area (Å²) in [6, 6.07) is 10.5. The van der Waals surface area contributed by atoms with Crippen LogP contribution in [-0.4, -0.2) is 10.7 Å². The molecule has 0 atom stereocenters. The number of hydrogen-bond donors (Lipinski definition) is 0. The van der Waals surface area contributed by atoms with E-state index < -0.39 is 0 Å². The summed E-state index contributed by atoms with van der Waals surface area (Å²) in [5.74, 6) is 0. The van der Waals surface area contributed by atoms with Gasteiger partial charge in [0.05, 0.1) is 5.69 Å². The van der Waals surface area contributed by atoms with Gasteiger partial charge in [0.15, 0.2) is 6.29 Å². The van der Waals surface area contributed by atoms with E-state index in [9.17, 15) is 4.79 Å². The molecule has 0 bridgehead atoms. The lowest BCUT2D eigenvalue weighted by atomic mass is 10.2. The molecule has 0 fully saturated rings. The molecule has 0 saturated carbocycles. The predicted octanol–water partition coefficient (Wildman–Crippen LogP) is 4.35. The second-order valence-corrected chi connectivity index (χ2v) is 5.85. The molecule has 0 amide bonds. The van der Waals surface area contributed by atoms with Crippen molar-refractivity contribution >= 4 is 23.1 Å². The molecule has 3 heterocycles. The van der Waals surface area contributed by atoms with Crippen molar-refractivity contribution < 1.29 is 4.79 Å². The molecular weight excluding hydrogens is 254 g/mol. The van der Waals surface area contributed by atoms with Crippen LogP contribution in [0.15, 0.2) is 36.5 Å². The topological polar surface area (TPSA) is 21.5 Å². The average Bonchev–Trinajstić information content (AvgIpc) is 3.01. The fourth-order valence-corrected chi connectivity index (χ4v) is 3.31. The summed E-state index contributed by atoms with van der Waals surface area (Å²) in [6.45, 7) is 4.21. The highest BCUT2D eigenvalue weighted by molar-refractivity contribution is 7.15. The average molecular weight is 269 g/mol. The highest BCUT2D eigenvalue weighted by atomic mass is 32.1. The van der Waals surface area contributed by atoms with Crippen LogP contribution in [0.2, 0.25) is 0 Å². The quantitative estimate of drug-likeness (QED) is 0.648. The van der Waals surface area contributed by atoms with Crippen LogP contribution in [0, 0.1) is 6.92 Å². The van der Waals surface area contributed by atoms with Gasteiger partial charge in [0.25, 0.3) is 0 Å². The lowest BCUT2D eigenvalue weighted by molar-refractivity contribution is 0.111. The van der Waals surface area contributed by atoms with Gasteiger partial charge in [-0.1, -0.05) is 6.92 Å². The monoisotopic (exact) mass is 269 g/mol. The summed E-state index contributed by atoms with van der Waals surface area (Å²) in [6.07, 6.45) is 3.95. The van der Waals surface area contributed by atoms with E-state index in [2.05, 4.69) is 38.1 Å². The standard InChI is InChI=1S/C16H15NOS/c1-3-13-4-5-16(19-13)14-9-12-8-11(2)6-7-17(12)15(14)10-18/h4-10H,3H2,1-2H3. The van der Waals surface area contributed by atoms with Gasteiger partial charge in [-0.05, 0) is 49.2 Å². The number of aromatic nitrogens is 1. The fourth-order valence-electron chi connectivity index (χ4n) is 2.34. The highest BCUT2D eigenvalue weighted by Crippen LogP contribution is 2.33. The van der Waals surface area contributed by atoms with E-state index in [-0.39, 0.29) is 0 Å². The number of hydrogen-bond acceptors (Lipinski definition) is 2. The first-order valence-electron chi connectivity index (χ1n) is 6.39. The first-order chi connectivity index (χ1) is 9.22. The molecule has 0 radical (unpaired) electrons. The zero-order chi connectivity index (χ0) is 13.4. The molecular formula is C16H15NOS. The van der Waals surface area contributed by atoms with Crippen LogP contribution in [-0.2, 0) is 6.42 Å². The first-order valence-corrected chi connectivity index (χ1v) is 7.20. The third-order valence-electron chi connectivity index (χ3n) is 3.36. The zero-order valence-electron chi connectivity index (χ0n) is 11.0. The van der Waals surface area contributed by atoms with Crippen LogP contribution in [0.1, 0.15) is 27.9 Å². The van der Waals surface area contributed by atoms with Gasteiger partial charge in [0.1, 0.15) is 0 Å². The lowest BCUT2D eigenvalue weighted by Crippen LogP contribution is -1.91. The van der Waals surface area contributed by atoms with E-state index in [1.165, 1.54) is 15.3 Å². The van der Waals surface area contributed by atoms with E-state index in [4.69, 9.17) is 0 Å². The van der Waals surface area contributed by atoms with Gasteiger partial charge in [-0.25, -0.2) is 0 Å². The van der Waals surface area contributed by atoms with E-state index in [0.717, 1.165) is 29.5 Å². The van der Waals surface area contributed by atoms with E-state index in [0.29, 0.717) is 0 Å². The Morgan fingerprint density at radius 3 is 2.79 bits per heavy atom. The Balaban J connectivity index is 2.25. The molecule has 3 rings (SSSR count). The summed E-state index contributed by atoms with van der Waals surface area (Å²) in [5.41, 5.74) is 4.04. The number of rotatable bonds is 3. The zero-order valence-corrected chi connectivity index (χ0v) is 11.8. The number of nitrogens with zero attached hydrogens (tertiary/aromatic N) is 1. The molecule has 0 aliphatic rings. The number of carbonyl (C=O) groups is 1. The minimum atomic E-state index is 0.736. The number of aldehydes is 1. The number of pyridine rings is 1. The molecule has 19 heavy (non-hydrogen) atoms. The SMILES string of the molecule is CCc1ccc(-c2cc3cc(C)ccn3c2C=O)s1. The number of thiophene rings is 1. The third-order valence-corrected chi connectivity index (χ3v) is 4.62. The smallest absolute Gasteiger partial charge is 0.167 e. The van der Waals surface area contributed by atoms with Crippen molar-refractivity contribution in [2.24, 2.45) is 0 Å². The van der Waals surface area contributed by atoms with Gasteiger partial charge in [0.2, 0.25) is 0 Å². The largest absolute Gasteiger partial charge is 0.314 e. The molecule has 0 saturated heterocycles. The maximum atomic E-state index is 11.4. The maximum absolute atomic E-state index is 11.4. The molecule has 0 spiro atoms. The Labute approximate surface area is 116 Å². The summed E-state index contributed by atoms with van der Waals surface area (Å²) in [7, 11) is 0. The molecule has 3 aromatic heterocycles. The molecule has 3 aromatic rings. The van der Waals surface area contributed by atoms with E-state index in [1.54, 1.807) is 11.3 Å². The summed E-state index contributed by atoms with van der Waals surface area (Å²) in [4.78, 5) is 13.9. The van der Waals surface area contributed by atoms with Crippen molar-refractivity contribution in [2.75, 3.05) is 0 Å². The van der Waals surface area contributed by atoms with Crippen molar-refractivity contribution in [3.8, 4) is 10.4 Å². The molecule has 3 heteroatoms. The van der Waals surface area contributed by atoms with Crippen molar-refractivity contribution in [3.63, 3.8) is 0 Å². The van der Waals surface area contributed by atoms with Crippen LogP contribution in [0.5, 0.6) is 0 Å².